The van der Waals surface area contributed by atoms with Crippen LogP contribution in [0.4, 0.5) is 0 Å². The number of benzene rings is 2. The highest BCUT2D eigenvalue weighted by Gasteiger charge is 2.48. The molecule has 6 rings (SSSR count). The number of rotatable bonds is 7. The van der Waals surface area contributed by atoms with E-state index in [0.717, 1.165) is 51.0 Å². The molecule has 3 saturated heterocycles. The van der Waals surface area contributed by atoms with Crippen molar-refractivity contribution in [2.24, 2.45) is 11.3 Å². The second-order valence-corrected chi connectivity index (χ2v) is 14.2. The van der Waals surface area contributed by atoms with E-state index < -0.39 is 9.84 Å². The van der Waals surface area contributed by atoms with Crippen LogP contribution in [0, 0.1) is 11.3 Å². The van der Waals surface area contributed by atoms with Crippen LogP contribution in [-0.2, 0) is 21.2 Å². The van der Waals surface area contributed by atoms with E-state index in [9.17, 15) is 18.0 Å². The van der Waals surface area contributed by atoms with Gasteiger partial charge in [0.25, 0.3) is 5.91 Å². The molecule has 2 aromatic carbocycles. The monoisotopic (exact) mass is 658 g/mol. The summed E-state index contributed by atoms with van der Waals surface area (Å²) >= 11 is 0. The predicted molar refractivity (Wildman–Crippen MR) is 175 cm³/mol. The van der Waals surface area contributed by atoms with Crippen molar-refractivity contribution < 1.29 is 18.0 Å². The van der Waals surface area contributed by atoms with Gasteiger partial charge in [-0.15, -0.1) is 24.8 Å². The molecule has 11 heteroatoms. The zero-order valence-electron chi connectivity index (χ0n) is 24.9. The number of piperidine rings is 1. The molecule has 1 aromatic heterocycles. The Morgan fingerprint density at radius 1 is 0.886 bits per heavy atom. The number of halogens is 2. The van der Waals surface area contributed by atoms with Crippen LogP contribution in [0.5, 0.6) is 0 Å². The molecule has 0 bridgehead atoms. The van der Waals surface area contributed by atoms with Gasteiger partial charge in [0.15, 0.2) is 9.84 Å². The van der Waals surface area contributed by atoms with Crippen LogP contribution < -0.4 is 0 Å². The first-order valence-electron chi connectivity index (χ1n) is 14.8. The number of carbonyl (C=O) groups is 2. The lowest BCUT2D eigenvalue weighted by molar-refractivity contribution is -0.139. The van der Waals surface area contributed by atoms with E-state index in [1.165, 1.54) is 11.8 Å². The lowest BCUT2D eigenvalue weighted by atomic mass is 9.76. The van der Waals surface area contributed by atoms with E-state index in [-0.39, 0.29) is 48.0 Å². The number of aromatic nitrogens is 1. The van der Waals surface area contributed by atoms with Gasteiger partial charge in [-0.25, -0.2) is 8.42 Å². The summed E-state index contributed by atoms with van der Waals surface area (Å²) < 4.78 is 23.6. The van der Waals surface area contributed by atoms with E-state index in [2.05, 4.69) is 34.1 Å². The van der Waals surface area contributed by atoms with Gasteiger partial charge in [-0.05, 0) is 73.7 Å². The molecule has 0 saturated carbocycles. The Bertz CT molecular complexity index is 1530. The summed E-state index contributed by atoms with van der Waals surface area (Å²) in [6.07, 6.45) is 7.09. The fourth-order valence-corrected chi connectivity index (χ4v) is 7.67. The van der Waals surface area contributed by atoms with Crippen LogP contribution >= 0.6 is 24.8 Å². The molecule has 2 atom stereocenters. The Labute approximate surface area is 272 Å². The molecule has 1 spiro atoms. The average molecular weight is 660 g/mol. The zero-order valence-corrected chi connectivity index (χ0v) is 27.3. The van der Waals surface area contributed by atoms with Crippen molar-refractivity contribution in [2.45, 2.75) is 36.6 Å². The van der Waals surface area contributed by atoms with E-state index in [1.54, 1.807) is 36.7 Å². The Kier molecular flexibility index (Phi) is 10.8. The molecule has 0 unspecified atom stereocenters. The average Bonchev–Trinajstić information content (AvgIpc) is 3.56. The van der Waals surface area contributed by atoms with Crippen LogP contribution in [0.15, 0.2) is 84.0 Å². The molecule has 3 fully saturated rings. The topological polar surface area (TPSA) is 90.9 Å². The number of likely N-dealkylation sites (tertiary alicyclic amines) is 3. The highest BCUT2D eigenvalue weighted by Crippen LogP contribution is 2.43. The maximum absolute atomic E-state index is 13.6. The third-order valence-electron chi connectivity index (χ3n) is 9.52. The first-order valence-corrected chi connectivity index (χ1v) is 16.7. The molecule has 0 aliphatic carbocycles. The largest absolute Gasteiger partial charge is 0.338 e. The maximum Gasteiger partial charge on any atom is 0.253 e. The van der Waals surface area contributed by atoms with Gasteiger partial charge in [-0.2, -0.15) is 0 Å². The van der Waals surface area contributed by atoms with E-state index >= 15 is 0 Å². The molecule has 3 aliphatic rings. The number of pyridine rings is 1. The number of hydrogen-bond acceptors (Lipinski definition) is 6. The van der Waals surface area contributed by atoms with Gasteiger partial charge in [-0.3, -0.25) is 14.6 Å². The second kappa shape index (κ2) is 14.0. The quantitative estimate of drug-likeness (QED) is 0.366. The molecule has 4 heterocycles. The third-order valence-corrected chi connectivity index (χ3v) is 10.6. The van der Waals surface area contributed by atoms with E-state index in [0.29, 0.717) is 36.0 Å². The standard InChI is InChI=1S/C33H38N4O4S.2ClH/c1-42(40,41)29-9-7-25(8-10-29)21-36-20-15-33(32(36)39)13-18-35(19-14-33)22-28-23-37(31(38)27-11-16-34-17-12-27)24-30(28)26-5-3-2-4-6-26;;/h2-12,16-17,28,30H,13-15,18-24H2,1H3;2*1H/t28-,30+;;/m0../s1. The summed E-state index contributed by atoms with van der Waals surface area (Å²) in [4.78, 5) is 37.7. The van der Waals surface area contributed by atoms with Gasteiger partial charge in [-0.1, -0.05) is 42.5 Å². The predicted octanol–water partition coefficient (Wildman–Crippen LogP) is 4.70. The van der Waals surface area contributed by atoms with Gasteiger partial charge in [0, 0.05) is 62.9 Å². The van der Waals surface area contributed by atoms with Gasteiger partial charge in [0.05, 0.1) is 10.3 Å². The lowest BCUT2D eigenvalue weighted by Crippen LogP contribution is -2.46. The highest BCUT2D eigenvalue weighted by atomic mass is 35.5. The van der Waals surface area contributed by atoms with Crippen LogP contribution in [0.2, 0.25) is 0 Å². The second-order valence-electron chi connectivity index (χ2n) is 12.2. The van der Waals surface area contributed by atoms with Gasteiger partial charge in [0.2, 0.25) is 5.91 Å². The molecule has 0 N–H and O–H groups in total. The minimum absolute atomic E-state index is 0. The van der Waals surface area contributed by atoms with Crippen LogP contribution in [0.3, 0.4) is 0 Å². The molecule has 3 aliphatic heterocycles. The Balaban J connectivity index is 0.00000221. The number of amides is 2. The molecule has 236 valence electrons. The first-order chi connectivity index (χ1) is 20.2. The molecule has 2 amide bonds. The number of carbonyl (C=O) groups excluding carboxylic acids is 2. The van der Waals surface area contributed by atoms with Crippen LogP contribution in [0.1, 0.15) is 46.7 Å². The molecule has 3 aromatic rings. The van der Waals surface area contributed by atoms with E-state index in [4.69, 9.17) is 0 Å². The fraction of sp³-hybridized carbons (Fsp3) is 0.424. The molecule has 8 nitrogen and oxygen atoms in total. The van der Waals surface area contributed by atoms with Crippen molar-refractivity contribution in [2.75, 3.05) is 45.5 Å². The minimum Gasteiger partial charge on any atom is -0.338 e. The SMILES string of the molecule is CS(=O)(=O)c1ccc(CN2CCC3(CCN(C[C@H]4CN(C(=O)c5ccncc5)C[C@@H]4c4ccccc4)CC3)C2=O)cc1.Cl.Cl. The summed E-state index contributed by atoms with van der Waals surface area (Å²) in [6.45, 7) is 5.31. The summed E-state index contributed by atoms with van der Waals surface area (Å²) in [6, 6.07) is 20.9. The Morgan fingerprint density at radius 2 is 1.52 bits per heavy atom. The summed E-state index contributed by atoms with van der Waals surface area (Å²) in [7, 11) is -3.24. The van der Waals surface area contributed by atoms with E-state index in [1.807, 2.05) is 28.0 Å². The third kappa shape index (κ3) is 7.12. The lowest BCUT2D eigenvalue weighted by Gasteiger charge is -2.39. The Hall–Kier alpha value is -2.98. The minimum atomic E-state index is -3.24. The Morgan fingerprint density at radius 3 is 2.16 bits per heavy atom. The van der Waals surface area contributed by atoms with Crippen molar-refractivity contribution in [1.29, 1.82) is 0 Å². The summed E-state index contributed by atoms with van der Waals surface area (Å²) in [5.41, 5.74) is 2.59. The van der Waals surface area contributed by atoms with Crippen molar-refractivity contribution in [3.63, 3.8) is 0 Å². The van der Waals surface area contributed by atoms with Crippen LogP contribution in [-0.4, -0.2) is 85.4 Å². The number of sulfone groups is 1. The zero-order chi connectivity index (χ0) is 29.3. The molecule has 0 radical (unpaired) electrons. The van der Waals surface area contributed by atoms with Crippen molar-refractivity contribution in [1.82, 2.24) is 19.7 Å². The maximum atomic E-state index is 13.6. The van der Waals surface area contributed by atoms with Gasteiger partial charge >= 0.3 is 0 Å². The fourth-order valence-electron chi connectivity index (χ4n) is 7.04. The highest BCUT2D eigenvalue weighted by molar-refractivity contribution is 7.90. The molecular formula is C33H40Cl2N4O4S. The molecule has 44 heavy (non-hydrogen) atoms. The number of nitrogens with zero attached hydrogens (tertiary/aromatic N) is 4. The summed E-state index contributed by atoms with van der Waals surface area (Å²) in [5.74, 6) is 0.871. The van der Waals surface area contributed by atoms with Gasteiger partial charge in [0.1, 0.15) is 0 Å². The first kappa shape index (κ1) is 33.9. The van der Waals surface area contributed by atoms with Crippen molar-refractivity contribution in [3.8, 4) is 0 Å². The van der Waals surface area contributed by atoms with Crippen molar-refractivity contribution >= 4 is 46.5 Å². The van der Waals surface area contributed by atoms with Crippen molar-refractivity contribution in [3.05, 3.63) is 95.8 Å². The summed E-state index contributed by atoms with van der Waals surface area (Å²) in [5, 5.41) is 0. The number of hydrogen-bond donors (Lipinski definition) is 0. The normalized spacial score (nSPS) is 21.6. The van der Waals surface area contributed by atoms with Crippen LogP contribution in [0.25, 0.3) is 0 Å². The van der Waals surface area contributed by atoms with Gasteiger partial charge < -0.3 is 14.7 Å². The smallest absolute Gasteiger partial charge is 0.253 e. The molecular weight excluding hydrogens is 619 g/mol.